The number of aromatic nitrogens is 2. The fourth-order valence-electron chi connectivity index (χ4n) is 3.49. The Morgan fingerprint density at radius 1 is 1.17 bits per heavy atom. The summed E-state index contributed by atoms with van der Waals surface area (Å²) in [4.78, 5) is 13.7. The van der Waals surface area contributed by atoms with Crippen LogP contribution in [-0.4, -0.2) is 41.5 Å². The van der Waals surface area contributed by atoms with Crippen LogP contribution in [0.25, 0.3) is 0 Å². The Balaban J connectivity index is 1.60. The predicted molar refractivity (Wildman–Crippen MR) is 99.2 cm³/mol. The third kappa shape index (κ3) is 4.54. The number of nitrogens with zero attached hydrogens (tertiary/aromatic N) is 4. The van der Waals surface area contributed by atoms with Gasteiger partial charge in [0.2, 0.25) is 0 Å². The second-order valence-corrected chi connectivity index (χ2v) is 6.90. The molecule has 2 aromatic rings. The molecular weight excluding hydrogens is 296 g/mol. The summed E-state index contributed by atoms with van der Waals surface area (Å²) in [7, 11) is 4.09. The first-order valence-electron chi connectivity index (χ1n) is 8.98. The largest absolute Gasteiger partial charge is 0.363 e. The lowest BCUT2D eigenvalue weighted by atomic mass is 9.96. The summed E-state index contributed by atoms with van der Waals surface area (Å²) in [5, 5.41) is 0. The highest BCUT2D eigenvalue weighted by Gasteiger charge is 2.22. The topological polar surface area (TPSA) is 32.3 Å². The summed E-state index contributed by atoms with van der Waals surface area (Å²) in [6, 6.07) is 11.2. The van der Waals surface area contributed by atoms with Crippen LogP contribution in [0.2, 0.25) is 0 Å². The predicted octanol–water partition coefficient (Wildman–Crippen LogP) is 3.53. The van der Waals surface area contributed by atoms with E-state index in [-0.39, 0.29) is 0 Å². The van der Waals surface area contributed by atoms with Crippen LogP contribution in [0.15, 0.2) is 42.7 Å². The van der Waals surface area contributed by atoms with E-state index >= 15 is 0 Å². The van der Waals surface area contributed by atoms with Gasteiger partial charge < -0.3 is 4.90 Å². The van der Waals surface area contributed by atoms with Crippen LogP contribution in [0.3, 0.4) is 0 Å². The number of likely N-dealkylation sites (tertiary alicyclic amines) is 1. The van der Waals surface area contributed by atoms with Crippen molar-refractivity contribution in [3.8, 4) is 0 Å². The molecule has 0 amide bonds. The quantitative estimate of drug-likeness (QED) is 0.814. The third-order valence-corrected chi connectivity index (χ3v) is 4.84. The second kappa shape index (κ2) is 8.25. The number of rotatable bonds is 6. The molecule has 2 aromatic heterocycles. The van der Waals surface area contributed by atoms with Gasteiger partial charge in [0.15, 0.2) is 0 Å². The van der Waals surface area contributed by atoms with Crippen molar-refractivity contribution in [1.29, 1.82) is 0 Å². The number of pyridine rings is 2. The van der Waals surface area contributed by atoms with Crippen LogP contribution >= 0.6 is 0 Å². The van der Waals surface area contributed by atoms with Crippen molar-refractivity contribution < 1.29 is 0 Å². The SMILES string of the molecule is CN(C)c1cccc(CCC2CCCCN2Cc2cccnc2)n1. The molecule has 128 valence electrons. The molecular formula is C20H28N4. The van der Waals surface area contributed by atoms with Gasteiger partial charge in [0.1, 0.15) is 5.82 Å². The molecule has 1 fully saturated rings. The van der Waals surface area contributed by atoms with E-state index in [9.17, 15) is 0 Å². The highest BCUT2D eigenvalue weighted by Crippen LogP contribution is 2.23. The average molecular weight is 324 g/mol. The van der Waals surface area contributed by atoms with Gasteiger partial charge in [0.25, 0.3) is 0 Å². The summed E-state index contributed by atoms with van der Waals surface area (Å²) < 4.78 is 0. The number of hydrogen-bond donors (Lipinski definition) is 0. The molecule has 0 N–H and O–H groups in total. The Labute approximate surface area is 145 Å². The fourth-order valence-corrected chi connectivity index (χ4v) is 3.49. The van der Waals surface area contributed by atoms with Gasteiger partial charge >= 0.3 is 0 Å². The van der Waals surface area contributed by atoms with E-state index in [1.54, 1.807) is 0 Å². The lowest BCUT2D eigenvalue weighted by molar-refractivity contribution is 0.132. The first-order valence-corrected chi connectivity index (χ1v) is 8.98. The average Bonchev–Trinajstić information content (AvgIpc) is 2.62. The van der Waals surface area contributed by atoms with Crippen molar-refractivity contribution in [2.75, 3.05) is 25.5 Å². The molecule has 1 atom stereocenters. The molecule has 1 unspecified atom stereocenters. The van der Waals surface area contributed by atoms with Crippen LogP contribution in [0, 0.1) is 0 Å². The number of piperidine rings is 1. The van der Waals surface area contributed by atoms with Gasteiger partial charge in [0.05, 0.1) is 0 Å². The van der Waals surface area contributed by atoms with Crippen molar-refractivity contribution in [3.05, 3.63) is 54.0 Å². The minimum absolute atomic E-state index is 0.656. The Hall–Kier alpha value is -1.94. The van der Waals surface area contributed by atoms with E-state index in [1.165, 1.54) is 43.5 Å². The van der Waals surface area contributed by atoms with Gasteiger partial charge in [-0.15, -0.1) is 0 Å². The van der Waals surface area contributed by atoms with Crippen LogP contribution in [-0.2, 0) is 13.0 Å². The van der Waals surface area contributed by atoms with Crippen LogP contribution < -0.4 is 4.90 Å². The van der Waals surface area contributed by atoms with Crippen LogP contribution in [0.4, 0.5) is 5.82 Å². The molecule has 24 heavy (non-hydrogen) atoms. The Kier molecular flexibility index (Phi) is 5.81. The van der Waals surface area contributed by atoms with Crippen molar-refractivity contribution in [3.63, 3.8) is 0 Å². The van der Waals surface area contributed by atoms with E-state index in [2.05, 4.69) is 39.0 Å². The summed E-state index contributed by atoms with van der Waals surface area (Å²) in [5.74, 6) is 1.04. The number of anilines is 1. The van der Waals surface area contributed by atoms with Crippen molar-refractivity contribution >= 4 is 5.82 Å². The van der Waals surface area contributed by atoms with E-state index in [0.717, 1.165) is 18.8 Å². The Bertz CT molecular complexity index is 627. The standard InChI is InChI=1S/C20H28N4/c1-23(2)20-10-5-8-18(22-20)11-12-19-9-3-4-14-24(19)16-17-7-6-13-21-15-17/h5-8,10,13,15,19H,3-4,9,11-12,14,16H2,1-2H3. The first kappa shape index (κ1) is 16.9. The molecule has 0 radical (unpaired) electrons. The molecule has 0 bridgehead atoms. The number of hydrogen-bond acceptors (Lipinski definition) is 4. The van der Waals surface area contributed by atoms with E-state index in [0.29, 0.717) is 6.04 Å². The van der Waals surface area contributed by atoms with Gasteiger partial charge in [0, 0.05) is 44.8 Å². The zero-order chi connectivity index (χ0) is 16.8. The summed E-state index contributed by atoms with van der Waals surface area (Å²) >= 11 is 0. The molecule has 1 aliphatic rings. The molecule has 0 saturated carbocycles. The van der Waals surface area contributed by atoms with Gasteiger partial charge in [-0.05, 0) is 56.0 Å². The summed E-state index contributed by atoms with van der Waals surface area (Å²) in [6.07, 6.45) is 10.0. The van der Waals surface area contributed by atoms with E-state index in [4.69, 9.17) is 4.98 Å². The Morgan fingerprint density at radius 3 is 2.88 bits per heavy atom. The zero-order valence-corrected chi connectivity index (χ0v) is 14.9. The molecule has 4 heteroatoms. The van der Waals surface area contributed by atoms with E-state index < -0.39 is 0 Å². The van der Waals surface area contributed by atoms with Gasteiger partial charge in [-0.25, -0.2) is 4.98 Å². The lowest BCUT2D eigenvalue weighted by Crippen LogP contribution is -2.39. The fraction of sp³-hybridized carbons (Fsp3) is 0.500. The van der Waals surface area contributed by atoms with Crippen molar-refractivity contribution in [1.82, 2.24) is 14.9 Å². The second-order valence-electron chi connectivity index (χ2n) is 6.90. The smallest absolute Gasteiger partial charge is 0.128 e. The lowest BCUT2D eigenvalue weighted by Gasteiger charge is -2.35. The monoisotopic (exact) mass is 324 g/mol. The van der Waals surface area contributed by atoms with Gasteiger partial charge in [-0.3, -0.25) is 9.88 Å². The minimum Gasteiger partial charge on any atom is -0.363 e. The molecule has 3 rings (SSSR count). The van der Waals surface area contributed by atoms with E-state index in [1.807, 2.05) is 32.6 Å². The highest BCUT2D eigenvalue weighted by atomic mass is 15.2. The minimum atomic E-state index is 0.656. The molecule has 4 nitrogen and oxygen atoms in total. The molecule has 1 aliphatic heterocycles. The molecule has 0 aromatic carbocycles. The van der Waals surface area contributed by atoms with Gasteiger partial charge in [-0.2, -0.15) is 0 Å². The van der Waals surface area contributed by atoms with Crippen LogP contribution in [0.5, 0.6) is 0 Å². The summed E-state index contributed by atoms with van der Waals surface area (Å²) in [6.45, 7) is 2.22. The molecule has 1 saturated heterocycles. The molecule has 0 aliphatic carbocycles. The normalized spacial score (nSPS) is 18.5. The molecule has 3 heterocycles. The third-order valence-electron chi connectivity index (χ3n) is 4.84. The highest BCUT2D eigenvalue weighted by molar-refractivity contribution is 5.37. The van der Waals surface area contributed by atoms with Gasteiger partial charge in [-0.1, -0.05) is 18.6 Å². The number of aryl methyl sites for hydroxylation is 1. The maximum Gasteiger partial charge on any atom is 0.128 e. The maximum atomic E-state index is 4.76. The Morgan fingerprint density at radius 2 is 2.08 bits per heavy atom. The molecule has 0 spiro atoms. The van der Waals surface area contributed by atoms with Crippen molar-refractivity contribution in [2.45, 2.75) is 44.7 Å². The van der Waals surface area contributed by atoms with Crippen molar-refractivity contribution in [2.24, 2.45) is 0 Å². The zero-order valence-electron chi connectivity index (χ0n) is 14.9. The maximum absolute atomic E-state index is 4.76. The summed E-state index contributed by atoms with van der Waals surface area (Å²) in [5.41, 5.74) is 2.52. The van der Waals surface area contributed by atoms with Crippen LogP contribution in [0.1, 0.15) is 36.9 Å². The first-order chi connectivity index (χ1) is 11.7.